The Labute approximate surface area is 162 Å². The van der Waals surface area contributed by atoms with Gasteiger partial charge in [-0.1, -0.05) is 15.9 Å². The van der Waals surface area contributed by atoms with Crippen molar-refractivity contribution in [2.45, 2.75) is 19.4 Å². The van der Waals surface area contributed by atoms with E-state index in [9.17, 15) is 5.11 Å². The van der Waals surface area contributed by atoms with Crippen LogP contribution in [0.15, 0.2) is 46.1 Å². The first-order chi connectivity index (χ1) is 12.4. The number of nitrogens with one attached hydrogen (secondary N) is 2. The molecule has 0 saturated carbocycles. The van der Waals surface area contributed by atoms with E-state index in [0.717, 1.165) is 22.3 Å². The van der Waals surface area contributed by atoms with E-state index in [4.69, 9.17) is 4.74 Å². The number of benzene rings is 1. The molecule has 8 heteroatoms. The highest BCUT2D eigenvalue weighted by Crippen LogP contribution is 2.19. The zero-order valence-electron chi connectivity index (χ0n) is 15.4. The summed E-state index contributed by atoms with van der Waals surface area (Å²) in [5, 5.41) is 21.1. The van der Waals surface area contributed by atoms with Gasteiger partial charge in [-0.15, -0.1) is 0 Å². The molecule has 0 bridgehead atoms. The van der Waals surface area contributed by atoms with Crippen LogP contribution in [0, 0.1) is 0 Å². The Hall–Kier alpha value is -2.06. The highest BCUT2D eigenvalue weighted by Gasteiger charge is 2.24. The molecule has 1 aromatic carbocycles. The molecule has 0 fully saturated rings. The van der Waals surface area contributed by atoms with Crippen LogP contribution in [-0.2, 0) is 12.6 Å². The van der Waals surface area contributed by atoms with Gasteiger partial charge in [0.05, 0.1) is 19.3 Å². The van der Waals surface area contributed by atoms with Gasteiger partial charge in [-0.25, -0.2) is 4.99 Å². The average molecular weight is 424 g/mol. The van der Waals surface area contributed by atoms with Crippen LogP contribution in [-0.4, -0.2) is 47.1 Å². The Balaban J connectivity index is 1.84. The van der Waals surface area contributed by atoms with Gasteiger partial charge in [0.15, 0.2) is 5.96 Å². The number of aliphatic hydroxyl groups is 1. The highest BCUT2D eigenvalue weighted by atomic mass is 79.9. The van der Waals surface area contributed by atoms with E-state index < -0.39 is 5.60 Å². The normalized spacial score (nSPS) is 14.0. The van der Waals surface area contributed by atoms with Crippen molar-refractivity contribution >= 4 is 21.9 Å². The van der Waals surface area contributed by atoms with E-state index in [0.29, 0.717) is 19.1 Å². The molecule has 0 amide bonds. The third-order valence-electron chi connectivity index (χ3n) is 3.69. The summed E-state index contributed by atoms with van der Waals surface area (Å²) >= 11 is 3.40. The Morgan fingerprint density at radius 3 is 2.69 bits per heavy atom. The predicted molar refractivity (Wildman–Crippen MR) is 106 cm³/mol. The number of guanidine groups is 1. The molecule has 2 aromatic rings. The standard InChI is InChI=1S/C18H26BrN5O2/c1-4-20-17(21-9-10-26-16-7-5-15(19)6-8-16)22-13-18(2,25)14-11-23-24(3)12-14/h5-8,11-12,25H,4,9-10,13H2,1-3H3,(H2,20,21,22). The van der Waals surface area contributed by atoms with Gasteiger partial charge < -0.3 is 20.5 Å². The fourth-order valence-electron chi connectivity index (χ4n) is 2.23. The first-order valence-electron chi connectivity index (χ1n) is 8.53. The number of hydrogen-bond acceptors (Lipinski definition) is 4. The summed E-state index contributed by atoms with van der Waals surface area (Å²) in [7, 11) is 1.82. The van der Waals surface area contributed by atoms with Gasteiger partial charge in [-0.2, -0.15) is 5.10 Å². The number of ether oxygens (including phenoxy) is 1. The summed E-state index contributed by atoms with van der Waals surface area (Å²) in [5.41, 5.74) is -0.344. The minimum absolute atomic E-state index is 0.224. The third-order valence-corrected chi connectivity index (χ3v) is 4.22. The Morgan fingerprint density at radius 1 is 1.35 bits per heavy atom. The van der Waals surface area contributed by atoms with Crippen LogP contribution in [0.25, 0.3) is 0 Å². The minimum Gasteiger partial charge on any atom is -0.492 e. The molecular weight excluding hydrogens is 398 g/mol. The van der Waals surface area contributed by atoms with Crippen molar-refractivity contribution in [1.82, 2.24) is 20.4 Å². The number of aromatic nitrogens is 2. The number of aliphatic imine (C=N–C) groups is 1. The van der Waals surface area contributed by atoms with E-state index in [1.54, 1.807) is 24.0 Å². The Bertz CT molecular complexity index is 713. The van der Waals surface area contributed by atoms with Crippen LogP contribution >= 0.6 is 15.9 Å². The van der Waals surface area contributed by atoms with Gasteiger partial charge in [0.1, 0.15) is 18.0 Å². The molecule has 0 spiro atoms. The minimum atomic E-state index is -1.08. The largest absolute Gasteiger partial charge is 0.492 e. The lowest BCUT2D eigenvalue weighted by molar-refractivity contribution is 0.0672. The van der Waals surface area contributed by atoms with Crippen molar-refractivity contribution < 1.29 is 9.84 Å². The smallest absolute Gasteiger partial charge is 0.191 e. The second-order valence-electron chi connectivity index (χ2n) is 6.10. The van der Waals surface area contributed by atoms with E-state index in [1.165, 1.54) is 0 Å². The van der Waals surface area contributed by atoms with E-state index >= 15 is 0 Å². The van der Waals surface area contributed by atoms with E-state index in [2.05, 4.69) is 36.7 Å². The first-order valence-corrected chi connectivity index (χ1v) is 9.32. The van der Waals surface area contributed by atoms with Crippen LogP contribution < -0.4 is 15.4 Å². The molecule has 1 atom stereocenters. The summed E-state index contributed by atoms with van der Waals surface area (Å²) in [6.07, 6.45) is 3.45. The van der Waals surface area contributed by atoms with Crippen LogP contribution in [0.3, 0.4) is 0 Å². The van der Waals surface area contributed by atoms with Crippen molar-refractivity contribution in [1.29, 1.82) is 0 Å². The lowest BCUT2D eigenvalue weighted by atomic mass is 10.0. The average Bonchev–Trinajstić information content (AvgIpc) is 3.05. The molecule has 1 heterocycles. The van der Waals surface area contributed by atoms with Crippen LogP contribution in [0.2, 0.25) is 0 Å². The second kappa shape index (κ2) is 9.59. The van der Waals surface area contributed by atoms with Crippen molar-refractivity contribution in [2.24, 2.45) is 12.0 Å². The van der Waals surface area contributed by atoms with Crippen LogP contribution in [0.1, 0.15) is 19.4 Å². The SMILES string of the molecule is CCNC(=NCC(C)(O)c1cnn(C)c1)NCCOc1ccc(Br)cc1. The zero-order valence-corrected chi connectivity index (χ0v) is 17.0. The molecule has 26 heavy (non-hydrogen) atoms. The first kappa shape index (κ1) is 20.3. The Kier molecular flexibility index (Phi) is 7.47. The molecular formula is C18H26BrN5O2. The second-order valence-corrected chi connectivity index (χ2v) is 7.02. The molecule has 1 unspecified atom stereocenters. The predicted octanol–water partition coefficient (Wildman–Crippen LogP) is 2.02. The molecule has 3 N–H and O–H groups in total. The van der Waals surface area contributed by atoms with Crippen LogP contribution in [0.4, 0.5) is 0 Å². The number of halogens is 1. The van der Waals surface area contributed by atoms with Gasteiger partial charge in [-0.3, -0.25) is 4.68 Å². The summed E-state index contributed by atoms with van der Waals surface area (Å²) in [6, 6.07) is 7.70. The third kappa shape index (κ3) is 6.34. The quantitative estimate of drug-likeness (QED) is 0.343. The maximum atomic E-state index is 10.6. The zero-order chi connectivity index (χ0) is 19.0. The molecule has 0 aliphatic heterocycles. The molecule has 0 aliphatic rings. The van der Waals surface area contributed by atoms with Crippen molar-refractivity contribution in [3.63, 3.8) is 0 Å². The number of rotatable bonds is 8. The molecule has 0 saturated heterocycles. The molecule has 0 radical (unpaired) electrons. The van der Waals surface area contributed by atoms with Gasteiger partial charge >= 0.3 is 0 Å². The van der Waals surface area contributed by atoms with Crippen molar-refractivity contribution in [2.75, 3.05) is 26.2 Å². The highest BCUT2D eigenvalue weighted by molar-refractivity contribution is 9.10. The molecule has 142 valence electrons. The summed E-state index contributed by atoms with van der Waals surface area (Å²) in [4.78, 5) is 4.47. The monoisotopic (exact) mass is 423 g/mol. The number of nitrogens with zero attached hydrogens (tertiary/aromatic N) is 3. The molecule has 7 nitrogen and oxygen atoms in total. The fourth-order valence-corrected chi connectivity index (χ4v) is 2.50. The van der Waals surface area contributed by atoms with E-state index in [1.807, 2.05) is 38.2 Å². The number of hydrogen-bond donors (Lipinski definition) is 3. The summed E-state index contributed by atoms with van der Waals surface area (Å²) in [5.74, 6) is 1.45. The molecule has 0 aliphatic carbocycles. The fraction of sp³-hybridized carbons (Fsp3) is 0.444. The molecule has 2 rings (SSSR count). The van der Waals surface area contributed by atoms with Crippen LogP contribution in [0.5, 0.6) is 5.75 Å². The number of aryl methyl sites for hydroxylation is 1. The lowest BCUT2D eigenvalue weighted by Crippen LogP contribution is -2.40. The van der Waals surface area contributed by atoms with Crippen molar-refractivity contribution in [3.8, 4) is 5.75 Å². The Morgan fingerprint density at radius 2 is 2.08 bits per heavy atom. The maximum absolute atomic E-state index is 10.6. The van der Waals surface area contributed by atoms with E-state index in [-0.39, 0.29) is 6.54 Å². The topological polar surface area (TPSA) is 83.7 Å². The van der Waals surface area contributed by atoms with Crippen molar-refractivity contribution in [3.05, 3.63) is 46.7 Å². The van der Waals surface area contributed by atoms with Gasteiger partial charge in [0.2, 0.25) is 0 Å². The maximum Gasteiger partial charge on any atom is 0.191 e. The lowest BCUT2D eigenvalue weighted by Gasteiger charge is -2.20. The van der Waals surface area contributed by atoms with Gasteiger partial charge in [0, 0.05) is 29.8 Å². The summed E-state index contributed by atoms with van der Waals surface area (Å²) < 4.78 is 8.36. The molecule has 1 aromatic heterocycles. The summed E-state index contributed by atoms with van der Waals surface area (Å²) in [6.45, 7) is 5.78. The van der Waals surface area contributed by atoms with Gasteiger partial charge in [-0.05, 0) is 38.1 Å². The van der Waals surface area contributed by atoms with Gasteiger partial charge in [0.25, 0.3) is 0 Å².